The van der Waals surface area contributed by atoms with Gasteiger partial charge in [-0.05, 0) is 19.2 Å². The van der Waals surface area contributed by atoms with Crippen LogP contribution in [0.3, 0.4) is 0 Å². The van der Waals surface area contributed by atoms with E-state index in [1.807, 2.05) is 5.01 Å². The van der Waals surface area contributed by atoms with E-state index in [0.29, 0.717) is 0 Å². The van der Waals surface area contributed by atoms with Gasteiger partial charge in [0.25, 0.3) is 0 Å². The van der Waals surface area contributed by atoms with E-state index < -0.39 is 11.6 Å². The predicted octanol–water partition coefficient (Wildman–Crippen LogP) is 1.22. The van der Waals surface area contributed by atoms with Crippen LogP contribution in [-0.4, -0.2) is 43.1 Å². The molecular formula is C12H17F2N3. The van der Waals surface area contributed by atoms with Crippen LogP contribution in [0.5, 0.6) is 0 Å². The lowest BCUT2D eigenvalue weighted by Gasteiger charge is -2.32. The summed E-state index contributed by atoms with van der Waals surface area (Å²) in [6.45, 7) is 3.86. The SMILES string of the molecule is CN1CCN(NCc2c(F)cccc2F)CC1. The Balaban J connectivity index is 1.89. The third-order valence-electron chi connectivity index (χ3n) is 3.04. The van der Waals surface area contributed by atoms with Gasteiger partial charge in [-0.15, -0.1) is 0 Å². The van der Waals surface area contributed by atoms with Crippen LogP contribution in [0, 0.1) is 11.6 Å². The van der Waals surface area contributed by atoms with Crippen LogP contribution in [-0.2, 0) is 6.54 Å². The fourth-order valence-corrected chi connectivity index (χ4v) is 1.86. The fraction of sp³-hybridized carbons (Fsp3) is 0.500. The highest BCUT2D eigenvalue weighted by Gasteiger charge is 2.14. The molecule has 2 rings (SSSR count). The molecule has 1 saturated heterocycles. The summed E-state index contributed by atoms with van der Waals surface area (Å²) in [4.78, 5) is 2.22. The van der Waals surface area contributed by atoms with Gasteiger partial charge in [0, 0.05) is 38.3 Å². The van der Waals surface area contributed by atoms with E-state index in [2.05, 4.69) is 17.4 Å². The molecule has 1 heterocycles. The molecule has 0 radical (unpaired) electrons. The Kier molecular flexibility index (Phi) is 4.04. The minimum absolute atomic E-state index is 0.103. The summed E-state index contributed by atoms with van der Waals surface area (Å²) in [7, 11) is 2.06. The molecule has 1 N–H and O–H groups in total. The van der Waals surface area contributed by atoms with E-state index in [-0.39, 0.29) is 12.1 Å². The maximum atomic E-state index is 13.4. The van der Waals surface area contributed by atoms with E-state index in [1.54, 1.807) is 0 Å². The Bertz CT molecular complexity index is 356. The van der Waals surface area contributed by atoms with Crippen molar-refractivity contribution in [2.75, 3.05) is 33.2 Å². The molecule has 0 atom stereocenters. The second kappa shape index (κ2) is 5.53. The summed E-state index contributed by atoms with van der Waals surface area (Å²) in [5.41, 5.74) is 3.17. The smallest absolute Gasteiger partial charge is 0.130 e. The molecule has 0 aliphatic carbocycles. The third-order valence-corrected chi connectivity index (χ3v) is 3.04. The molecule has 5 heteroatoms. The van der Waals surface area contributed by atoms with Gasteiger partial charge < -0.3 is 4.90 Å². The summed E-state index contributed by atoms with van der Waals surface area (Å²) < 4.78 is 26.7. The molecule has 17 heavy (non-hydrogen) atoms. The highest BCUT2D eigenvalue weighted by atomic mass is 19.1. The van der Waals surface area contributed by atoms with Crippen LogP contribution in [0.25, 0.3) is 0 Å². The van der Waals surface area contributed by atoms with Crippen LogP contribution < -0.4 is 5.43 Å². The number of hydrogen-bond donors (Lipinski definition) is 1. The number of hydrazine groups is 1. The molecule has 0 unspecified atom stereocenters. The number of halogens is 2. The first kappa shape index (κ1) is 12.4. The van der Waals surface area contributed by atoms with E-state index in [9.17, 15) is 8.78 Å². The second-order valence-corrected chi connectivity index (χ2v) is 4.33. The van der Waals surface area contributed by atoms with Crippen LogP contribution in [0.15, 0.2) is 18.2 Å². The summed E-state index contributed by atoms with van der Waals surface area (Å²) in [6.07, 6.45) is 0. The van der Waals surface area contributed by atoms with Gasteiger partial charge in [0.1, 0.15) is 11.6 Å². The van der Waals surface area contributed by atoms with Crippen molar-refractivity contribution in [2.45, 2.75) is 6.54 Å². The van der Waals surface area contributed by atoms with Gasteiger partial charge in [-0.25, -0.2) is 13.8 Å². The molecule has 0 saturated carbocycles. The van der Waals surface area contributed by atoms with Crippen molar-refractivity contribution in [1.82, 2.24) is 15.3 Å². The Morgan fingerprint density at radius 1 is 1.12 bits per heavy atom. The van der Waals surface area contributed by atoms with Gasteiger partial charge in [0.05, 0.1) is 0 Å². The zero-order chi connectivity index (χ0) is 12.3. The first-order chi connectivity index (χ1) is 8.16. The number of hydrogen-bond acceptors (Lipinski definition) is 3. The quantitative estimate of drug-likeness (QED) is 0.858. The van der Waals surface area contributed by atoms with E-state index in [1.165, 1.54) is 18.2 Å². The van der Waals surface area contributed by atoms with Crippen molar-refractivity contribution in [3.63, 3.8) is 0 Å². The third kappa shape index (κ3) is 3.21. The molecule has 0 aromatic heterocycles. The first-order valence-electron chi connectivity index (χ1n) is 5.76. The number of likely N-dealkylation sites (N-methyl/N-ethyl adjacent to an activating group) is 1. The molecule has 0 bridgehead atoms. The molecule has 0 spiro atoms. The van der Waals surface area contributed by atoms with Crippen molar-refractivity contribution < 1.29 is 8.78 Å². The maximum absolute atomic E-state index is 13.4. The molecule has 0 amide bonds. The first-order valence-corrected chi connectivity index (χ1v) is 5.76. The summed E-state index contributed by atoms with van der Waals surface area (Å²) in [5.74, 6) is -0.988. The highest BCUT2D eigenvalue weighted by molar-refractivity contribution is 5.19. The highest BCUT2D eigenvalue weighted by Crippen LogP contribution is 2.11. The van der Waals surface area contributed by atoms with Crippen LogP contribution in [0.4, 0.5) is 8.78 Å². The fourth-order valence-electron chi connectivity index (χ4n) is 1.86. The van der Waals surface area contributed by atoms with Gasteiger partial charge in [0.15, 0.2) is 0 Å². The van der Waals surface area contributed by atoms with Crippen molar-refractivity contribution in [3.05, 3.63) is 35.4 Å². The minimum atomic E-state index is -0.494. The lowest BCUT2D eigenvalue weighted by atomic mass is 10.2. The molecule has 1 aliphatic rings. The van der Waals surface area contributed by atoms with E-state index >= 15 is 0 Å². The number of benzene rings is 1. The summed E-state index contributed by atoms with van der Waals surface area (Å²) in [6, 6.07) is 3.94. The standard InChI is InChI=1S/C12H17F2N3/c1-16-5-7-17(8-6-16)15-9-10-11(13)3-2-4-12(10)14/h2-4,15H,5-9H2,1H3. The minimum Gasteiger partial charge on any atom is -0.304 e. The van der Waals surface area contributed by atoms with Crippen molar-refractivity contribution in [1.29, 1.82) is 0 Å². The lowest BCUT2D eigenvalue weighted by Crippen LogP contribution is -2.50. The Labute approximate surface area is 100.0 Å². The Morgan fingerprint density at radius 2 is 1.71 bits per heavy atom. The van der Waals surface area contributed by atoms with Crippen molar-refractivity contribution >= 4 is 0 Å². The number of piperazine rings is 1. The van der Waals surface area contributed by atoms with Gasteiger partial charge in [-0.1, -0.05) is 6.07 Å². The Hall–Kier alpha value is -1.04. The van der Waals surface area contributed by atoms with Crippen LogP contribution >= 0.6 is 0 Å². The predicted molar refractivity (Wildman–Crippen MR) is 62.3 cm³/mol. The number of nitrogens with one attached hydrogen (secondary N) is 1. The van der Waals surface area contributed by atoms with Crippen molar-refractivity contribution in [3.8, 4) is 0 Å². The molecule has 3 nitrogen and oxygen atoms in total. The van der Waals surface area contributed by atoms with Gasteiger partial charge in [0.2, 0.25) is 0 Å². The monoisotopic (exact) mass is 241 g/mol. The molecular weight excluding hydrogens is 224 g/mol. The molecule has 1 aliphatic heterocycles. The van der Waals surface area contributed by atoms with E-state index in [0.717, 1.165) is 26.2 Å². The molecule has 1 fully saturated rings. The van der Waals surface area contributed by atoms with Crippen LogP contribution in [0.1, 0.15) is 5.56 Å². The maximum Gasteiger partial charge on any atom is 0.130 e. The molecule has 1 aromatic carbocycles. The number of rotatable bonds is 3. The topological polar surface area (TPSA) is 18.5 Å². The average Bonchev–Trinajstić information content (AvgIpc) is 2.31. The normalized spacial score (nSPS) is 18.5. The average molecular weight is 241 g/mol. The molecule has 1 aromatic rings. The summed E-state index contributed by atoms with van der Waals surface area (Å²) >= 11 is 0. The lowest BCUT2D eigenvalue weighted by molar-refractivity contribution is 0.101. The van der Waals surface area contributed by atoms with Gasteiger partial charge in [-0.2, -0.15) is 0 Å². The largest absolute Gasteiger partial charge is 0.304 e. The second-order valence-electron chi connectivity index (χ2n) is 4.33. The summed E-state index contributed by atoms with van der Waals surface area (Å²) in [5, 5.41) is 2.01. The van der Waals surface area contributed by atoms with Crippen molar-refractivity contribution in [2.24, 2.45) is 0 Å². The zero-order valence-corrected chi connectivity index (χ0v) is 9.92. The Morgan fingerprint density at radius 3 is 2.29 bits per heavy atom. The van der Waals surface area contributed by atoms with Crippen LogP contribution in [0.2, 0.25) is 0 Å². The zero-order valence-electron chi connectivity index (χ0n) is 9.92. The van der Waals surface area contributed by atoms with Gasteiger partial charge in [-0.3, -0.25) is 5.43 Å². The van der Waals surface area contributed by atoms with Gasteiger partial charge >= 0.3 is 0 Å². The van der Waals surface area contributed by atoms with E-state index in [4.69, 9.17) is 0 Å². The number of nitrogens with zero attached hydrogens (tertiary/aromatic N) is 2. The molecule has 94 valence electrons.